The maximum absolute atomic E-state index is 11.8. The van der Waals surface area contributed by atoms with Crippen molar-refractivity contribution in [3.63, 3.8) is 0 Å². The molecule has 0 fully saturated rings. The number of terminal acetylenes is 1. The van der Waals surface area contributed by atoms with Crippen molar-refractivity contribution in [2.75, 3.05) is 0 Å². The highest BCUT2D eigenvalue weighted by atomic mass is 79.9. The summed E-state index contributed by atoms with van der Waals surface area (Å²) >= 11 is 3.26. The van der Waals surface area contributed by atoms with Crippen LogP contribution < -0.4 is 5.32 Å². The zero-order valence-electron chi connectivity index (χ0n) is 9.03. The zero-order chi connectivity index (χ0) is 12.0. The molecule has 0 aliphatic carbocycles. The minimum absolute atomic E-state index is 0.190. The van der Waals surface area contributed by atoms with Crippen LogP contribution in [0, 0.1) is 12.3 Å². The van der Waals surface area contributed by atoms with Crippen molar-refractivity contribution in [2.24, 2.45) is 0 Å². The molecule has 1 heterocycles. The minimum Gasteiger partial charge on any atom is -0.338 e. The van der Waals surface area contributed by atoms with E-state index in [0.717, 1.165) is 17.3 Å². The van der Waals surface area contributed by atoms with Gasteiger partial charge in [0.2, 0.25) is 0 Å². The summed E-state index contributed by atoms with van der Waals surface area (Å²) in [5, 5.41) is 2.78. The van der Waals surface area contributed by atoms with E-state index in [1.807, 2.05) is 6.92 Å². The van der Waals surface area contributed by atoms with Crippen molar-refractivity contribution in [3.05, 3.63) is 28.5 Å². The monoisotopic (exact) mass is 280 g/mol. The van der Waals surface area contributed by atoms with E-state index in [-0.39, 0.29) is 11.9 Å². The highest BCUT2D eigenvalue weighted by molar-refractivity contribution is 9.10. The molecule has 1 rings (SSSR count). The van der Waals surface area contributed by atoms with Crippen LogP contribution in [-0.4, -0.2) is 16.9 Å². The topological polar surface area (TPSA) is 42.0 Å². The van der Waals surface area contributed by atoms with Crippen molar-refractivity contribution in [1.82, 2.24) is 10.3 Å². The van der Waals surface area contributed by atoms with Gasteiger partial charge in [-0.05, 0) is 28.4 Å². The van der Waals surface area contributed by atoms with Crippen LogP contribution in [0.4, 0.5) is 0 Å². The van der Waals surface area contributed by atoms with E-state index in [9.17, 15) is 4.79 Å². The van der Waals surface area contributed by atoms with Crippen LogP contribution in [0.5, 0.6) is 0 Å². The Morgan fingerprint density at radius 1 is 1.69 bits per heavy atom. The number of nitrogens with zero attached hydrogens (tertiary/aromatic N) is 1. The molecule has 0 aliphatic heterocycles. The minimum atomic E-state index is -0.212. The van der Waals surface area contributed by atoms with E-state index in [1.165, 1.54) is 6.20 Å². The smallest absolute Gasteiger partial charge is 0.253 e. The van der Waals surface area contributed by atoms with E-state index >= 15 is 0 Å². The number of hydrogen-bond acceptors (Lipinski definition) is 2. The first kappa shape index (κ1) is 12.7. The first-order chi connectivity index (χ1) is 7.67. The van der Waals surface area contributed by atoms with Crippen LogP contribution in [0.3, 0.4) is 0 Å². The SMILES string of the molecule is C#CC(CCC)NC(=O)c1cncc(Br)c1. The second kappa shape index (κ2) is 6.29. The summed E-state index contributed by atoms with van der Waals surface area (Å²) in [5.74, 6) is 2.36. The number of pyridine rings is 1. The molecule has 0 aliphatic rings. The van der Waals surface area contributed by atoms with Crippen molar-refractivity contribution in [1.29, 1.82) is 0 Å². The van der Waals surface area contributed by atoms with E-state index in [2.05, 4.69) is 32.2 Å². The number of aromatic nitrogens is 1. The Labute approximate surface area is 104 Å². The van der Waals surface area contributed by atoms with Gasteiger partial charge in [0.1, 0.15) is 0 Å². The molecule has 0 bridgehead atoms. The molecular formula is C12H13BrN2O. The first-order valence-electron chi connectivity index (χ1n) is 5.05. The van der Waals surface area contributed by atoms with Crippen LogP contribution in [0.25, 0.3) is 0 Å². The summed E-state index contributed by atoms with van der Waals surface area (Å²) in [5.41, 5.74) is 0.505. The third-order valence-electron chi connectivity index (χ3n) is 2.05. The summed E-state index contributed by atoms with van der Waals surface area (Å²) in [6.45, 7) is 2.02. The Morgan fingerprint density at radius 3 is 3.00 bits per heavy atom. The number of hydrogen-bond donors (Lipinski definition) is 1. The Morgan fingerprint density at radius 2 is 2.44 bits per heavy atom. The van der Waals surface area contributed by atoms with Crippen LogP contribution in [0.15, 0.2) is 22.9 Å². The molecule has 0 spiro atoms. The summed E-state index contributed by atoms with van der Waals surface area (Å²) in [6, 6.07) is 1.50. The molecule has 84 valence electrons. The lowest BCUT2D eigenvalue weighted by Gasteiger charge is -2.11. The summed E-state index contributed by atoms with van der Waals surface area (Å²) < 4.78 is 0.771. The van der Waals surface area contributed by atoms with E-state index in [1.54, 1.807) is 12.3 Å². The Bertz CT molecular complexity index is 412. The van der Waals surface area contributed by atoms with Crippen LogP contribution in [-0.2, 0) is 0 Å². The van der Waals surface area contributed by atoms with Crippen molar-refractivity contribution in [2.45, 2.75) is 25.8 Å². The predicted molar refractivity (Wildman–Crippen MR) is 66.9 cm³/mol. The predicted octanol–water partition coefficient (Wildman–Crippen LogP) is 2.38. The van der Waals surface area contributed by atoms with Gasteiger partial charge >= 0.3 is 0 Å². The van der Waals surface area contributed by atoms with Gasteiger partial charge in [-0.3, -0.25) is 9.78 Å². The number of amides is 1. The molecule has 16 heavy (non-hydrogen) atoms. The molecule has 1 aromatic rings. The Hall–Kier alpha value is -1.34. The van der Waals surface area contributed by atoms with Gasteiger partial charge in [-0.2, -0.15) is 0 Å². The fourth-order valence-electron chi connectivity index (χ4n) is 1.26. The number of carbonyl (C=O) groups is 1. The van der Waals surface area contributed by atoms with Gasteiger partial charge in [-0.1, -0.05) is 19.3 Å². The van der Waals surface area contributed by atoms with Gasteiger partial charge in [0.25, 0.3) is 5.91 Å². The lowest BCUT2D eigenvalue weighted by Crippen LogP contribution is -2.33. The molecule has 0 radical (unpaired) electrons. The molecule has 1 unspecified atom stereocenters. The molecule has 0 saturated heterocycles. The van der Waals surface area contributed by atoms with E-state index < -0.39 is 0 Å². The quantitative estimate of drug-likeness (QED) is 0.861. The molecule has 0 aromatic carbocycles. The Balaban J connectivity index is 2.69. The Kier molecular flexibility index (Phi) is 5.00. The number of nitrogens with one attached hydrogen (secondary N) is 1. The number of carbonyl (C=O) groups excluding carboxylic acids is 1. The van der Waals surface area contributed by atoms with Gasteiger partial charge < -0.3 is 5.32 Å². The summed E-state index contributed by atoms with van der Waals surface area (Å²) in [4.78, 5) is 15.7. The summed E-state index contributed by atoms with van der Waals surface area (Å²) in [6.07, 6.45) is 10.2. The lowest BCUT2D eigenvalue weighted by molar-refractivity contribution is 0.0944. The van der Waals surface area contributed by atoms with Crippen LogP contribution in [0.1, 0.15) is 30.1 Å². The second-order valence-corrected chi connectivity index (χ2v) is 4.29. The standard InChI is InChI=1S/C12H13BrN2O/c1-3-5-11(4-2)15-12(16)9-6-10(13)8-14-7-9/h2,6-8,11H,3,5H2,1H3,(H,15,16). The fourth-order valence-corrected chi connectivity index (χ4v) is 1.63. The maximum Gasteiger partial charge on any atom is 0.253 e. The van der Waals surface area contributed by atoms with Gasteiger partial charge in [-0.25, -0.2) is 0 Å². The van der Waals surface area contributed by atoms with Gasteiger partial charge in [0, 0.05) is 16.9 Å². The van der Waals surface area contributed by atoms with Crippen molar-refractivity contribution >= 4 is 21.8 Å². The number of rotatable bonds is 4. The van der Waals surface area contributed by atoms with Gasteiger partial charge in [-0.15, -0.1) is 6.42 Å². The molecule has 1 amide bonds. The highest BCUT2D eigenvalue weighted by Gasteiger charge is 2.11. The van der Waals surface area contributed by atoms with Gasteiger partial charge in [0.15, 0.2) is 0 Å². The zero-order valence-corrected chi connectivity index (χ0v) is 10.6. The highest BCUT2D eigenvalue weighted by Crippen LogP contribution is 2.09. The van der Waals surface area contributed by atoms with Crippen molar-refractivity contribution in [3.8, 4) is 12.3 Å². The van der Waals surface area contributed by atoms with Gasteiger partial charge in [0.05, 0.1) is 11.6 Å². The molecule has 3 nitrogen and oxygen atoms in total. The fraction of sp³-hybridized carbons (Fsp3) is 0.333. The van der Waals surface area contributed by atoms with Crippen LogP contribution in [0.2, 0.25) is 0 Å². The summed E-state index contributed by atoms with van der Waals surface area (Å²) in [7, 11) is 0. The third kappa shape index (κ3) is 3.67. The molecular weight excluding hydrogens is 268 g/mol. The molecule has 1 atom stereocenters. The van der Waals surface area contributed by atoms with E-state index in [4.69, 9.17) is 6.42 Å². The largest absolute Gasteiger partial charge is 0.338 e. The lowest BCUT2D eigenvalue weighted by atomic mass is 10.1. The third-order valence-corrected chi connectivity index (χ3v) is 2.48. The molecule has 4 heteroatoms. The molecule has 1 aromatic heterocycles. The average Bonchev–Trinajstić information content (AvgIpc) is 2.28. The molecule has 0 saturated carbocycles. The van der Waals surface area contributed by atoms with E-state index in [0.29, 0.717) is 5.56 Å². The molecule has 1 N–H and O–H groups in total. The van der Waals surface area contributed by atoms with Crippen LogP contribution >= 0.6 is 15.9 Å². The second-order valence-electron chi connectivity index (χ2n) is 3.37. The average molecular weight is 281 g/mol. The maximum atomic E-state index is 11.8. The normalized spacial score (nSPS) is 11.6. The first-order valence-corrected chi connectivity index (χ1v) is 5.84. The van der Waals surface area contributed by atoms with Crippen molar-refractivity contribution < 1.29 is 4.79 Å². The number of halogens is 1.